The van der Waals surface area contributed by atoms with Crippen LogP contribution in [0.15, 0.2) is 18.2 Å². The Labute approximate surface area is 140 Å². The maximum absolute atomic E-state index is 12.2. The monoisotopic (exact) mass is 340 g/mol. The van der Waals surface area contributed by atoms with Crippen LogP contribution in [0.25, 0.3) is 0 Å². The summed E-state index contributed by atoms with van der Waals surface area (Å²) in [5.74, 6) is -0.358. The first-order chi connectivity index (χ1) is 10.7. The van der Waals surface area contributed by atoms with Crippen LogP contribution in [0.3, 0.4) is 0 Å². The van der Waals surface area contributed by atoms with E-state index in [4.69, 9.17) is 16.3 Å². The van der Waals surface area contributed by atoms with Crippen LogP contribution in [0.2, 0.25) is 5.02 Å². The summed E-state index contributed by atoms with van der Waals surface area (Å²) < 4.78 is 5.32. The van der Waals surface area contributed by atoms with Gasteiger partial charge in [0, 0.05) is 24.7 Å². The van der Waals surface area contributed by atoms with Gasteiger partial charge in [-0.2, -0.15) is 0 Å². The molecule has 1 aliphatic rings. The molecular weight excluding hydrogens is 320 g/mol. The minimum atomic E-state index is -0.540. The zero-order chi connectivity index (χ0) is 17.2. The van der Waals surface area contributed by atoms with E-state index in [0.717, 1.165) is 0 Å². The third-order valence-electron chi connectivity index (χ3n) is 3.39. The van der Waals surface area contributed by atoms with E-state index in [1.165, 1.54) is 18.2 Å². The molecule has 1 aromatic rings. The molecule has 0 radical (unpaired) electrons. The molecule has 0 bridgehead atoms. The second kappa shape index (κ2) is 6.66. The van der Waals surface area contributed by atoms with Crippen LogP contribution in [-0.2, 0) is 4.74 Å². The van der Waals surface area contributed by atoms with Gasteiger partial charge in [0.25, 0.3) is 5.91 Å². The molecule has 0 aromatic heterocycles. The maximum atomic E-state index is 12.2. The van der Waals surface area contributed by atoms with Crippen molar-refractivity contribution in [2.24, 2.45) is 0 Å². The zero-order valence-corrected chi connectivity index (χ0v) is 14.2. The van der Waals surface area contributed by atoms with Crippen molar-refractivity contribution in [3.05, 3.63) is 28.8 Å². The molecule has 1 fully saturated rings. The van der Waals surface area contributed by atoms with E-state index in [1.54, 1.807) is 4.90 Å². The van der Waals surface area contributed by atoms with Crippen molar-refractivity contribution >= 4 is 23.6 Å². The molecule has 1 heterocycles. The van der Waals surface area contributed by atoms with Crippen LogP contribution in [0, 0.1) is 0 Å². The third kappa shape index (κ3) is 4.76. The summed E-state index contributed by atoms with van der Waals surface area (Å²) in [6.07, 6.45) is 0.290. The minimum absolute atomic E-state index is 0.0693. The number of phenolic OH excluding ortho intramolecular Hbond substituents is 1. The van der Waals surface area contributed by atoms with Crippen LogP contribution in [0.5, 0.6) is 5.75 Å². The molecule has 1 aliphatic heterocycles. The Bertz CT molecular complexity index is 613. The van der Waals surface area contributed by atoms with Gasteiger partial charge in [0.15, 0.2) is 0 Å². The lowest BCUT2D eigenvalue weighted by Gasteiger charge is -2.24. The molecule has 126 valence electrons. The number of hydrogen-bond acceptors (Lipinski definition) is 4. The van der Waals surface area contributed by atoms with E-state index in [1.807, 2.05) is 20.8 Å². The van der Waals surface area contributed by atoms with Gasteiger partial charge in [-0.25, -0.2) is 4.79 Å². The quantitative estimate of drug-likeness (QED) is 0.867. The van der Waals surface area contributed by atoms with Crippen molar-refractivity contribution < 1.29 is 19.4 Å². The van der Waals surface area contributed by atoms with Gasteiger partial charge < -0.3 is 20.1 Å². The standard InChI is InChI=1S/C16H21ClN2O4/c1-16(2,3)23-15(22)19-7-6-11(9-19)18-14(21)10-4-5-13(20)12(17)8-10/h4-5,8,11,20H,6-7,9H2,1-3H3,(H,18,21). The van der Waals surface area contributed by atoms with Crippen molar-refractivity contribution in [3.63, 3.8) is 0 Å². The molecule has 2 amide bonds. The molecule has 1 atom stereocenters. The Morgan fingerprint density at radius 2 is 2.09 bits per heavy atom. The largest absolute Gasteiger partial charge is 0.506 e. The normalized spacial score (nSPS) is 17.9. The topological polar surface area (TPSA) is 78.9 Å². The molecule has 1 saturated heterocycles. The van der Waals surface area contributed by atoms with E-state index in [-0.39, 0.29) is 28.8 Å². The summed E-state index contributed by atoms with van der Waals surface area (Å²) in [7, 11) is 0. The molecule has 1 aromatic carbocycles. The number of hydrogen-bond donors (Lipinski definition) is 2. The highest BCUT2D eigenvalue weighted by Crippen LogP contribution is 2.24. The summed E-state index contributed by atoms with van der Waals surface area (Å²) >= 11 is 5.80. The Morgan fingerprint density at radius 3 is 2.70 bits per heavy atom. The Hall–Kier alpha value is -1.95. The number of ether oxygens (including phenoxy) is 1. The van der Waals surface area contributed by atoms with E-state index in [9.17, 15) is 14.7 Å². The van der Waals surface area contributed by atoms with Crippen molar-refractivity contribution in [1.29, 1.82) is 0 Å². The molecule has 0 spiro atoms. The van der Waals surface area contributed by atoms with Gasteiger partial charge >= 0.3 is 6.09 Å². The number of nitrogens with zero attached hydrogens (tertiary/aromatic N) is 1. The Kier molecular flexibility index (Phi) is 5.04. The highest BCUT2D eigenvalue weighted by molar-refractivity contribution is 6.32. The number of carbonyl (C=O) groups excluding carboxylic acids is 2. The maximum Gasteiger partial charge on any atom is 0.410 e. The van der Waals surface area contributed by atoms with Gasteiger partial charge in [-0.15, -0.1) is 0 Å². The number of likely N-dealkylation sites (tertiary alicyclic amines) is 1. The summed E-state index contributed by atoms with van der Waals surface area (Å²) in [4.78, 5) is 25.8. The van der Waals surface area contributed by atoms with Crippen molar-refractivity contribution in [1.82, 2.24) is 10.2 Å². The molecule has 1 unspecified atom stereocenters. The molecular formula is C16H21ClN2O4. The third-order valence-corrected chi connectivity index (χ3v) is 3.69. The van der Waals surface area contributed by atoms with Gasteiger partial charge in [0.2, 0.25) is 0 Å². The summed E-state index contributed by atoms with van der Waals surface area (Å²) in [5, 5.41) is 12.4. The molecule has 0 saturated carbocycles. The second-order valence-electron chi connectivity index (χ2n) is 6.55. The number of amides is 2. The van der Waals surface area contributed by atoms with Gasteiger partial charge in [-0.1, -0.05) is 11.6 Å². The number of benzene rings is 1. The van der Waals surface area contributed by atoms with Gasteiger partial charge in [0.05, 0.1) is 5.02 Å². The summed E-state index contributed by atoms with van der Waals surface area (Å²) in [6.45, 7) is 6.39. The second-order valence-corrected chi connectivity index (χ2v) is 6.96. The van der Waals surface area contributed by atoms with E-state index in [2.05, 4.69) is 5.32 Å². The van der Waals surface area contributed by atoms with E-state index >= 15 is 0 Å². The number of phenols is 1. The molecule has 0 aliphatic carbocycles. The fraction of sp³-hybridized carbons (Fsp3) is 0.500. The lowest BCUT2D eigenvalue weighted by Crippen LogP contribution is -2.40. The van der Waals surface area contributed by atoms with Crippen LogP contribution in [0.4, 0.5) is 4.79 Å². The lowest BCUT2D eigenvalue weighted by molar-refractivity contribution is 0.0290. The number of carbonyl (C=O) groups is 2. The van der Waals surface area contributed by atoms with Crippen LogP contribution < -0.4 is 5.32 Å². The summed E-state index contributed by atoms with van der Waals surface area (Å²) in [6, 6.07) is 4.14. The highest BCUT2D eigenvalue weighted by Gasteiger charge is 2.30. The van der Waals surface area contributed by atoms with Crippen LogP contribution in [0.1, 0.15) is 37.6 Å². The van der Waals surface area contributed by atoms with Crippen LogP contribution >= 0.6 is 11.6 Å². The first kappa shape index (κ1) is 17.4. The predicted molar refractivity (Wildman–Crippen MR) is 86.8 cm³/mol. The predicted octanol–water partition coefficient (Wildman–Crippen LogP) is 2.78. The smallest absolute Gasteiger partial charge is 0.410 e. The van der Waals surface area contributed by atoms with Gasteiger partial charge in [-0.05, 0) is 45.4 Å². The number of aromatic hydroxyl groups is 1. The fourth-order valence-electron chi connectivity index (χ4n) is 2.29. The molecule has 2 N–H and O–H groups in total. The number of nitrogens with one attached hydrogen (secondary N) is 1. The first-order valence-corrected chi connectivity index (χ1v) is 7.81. The Balaban J connectivity index is 1.91. The van der Waals surface area contributed by atoms with Gasteiger partial charge in [0.1, 0.15) is 11.4 Å². The van der Waals surface area contributed by atoms with E-state index < -0.39 is 5.60 Å². The molecule has 7 heteroatoms. The first-order valence-electron chi connectivity index (χ1n) is 7.43. The molecule has 2 rings (SSSR count). The number of rotatable bonds is 2. The van der Waals surface area contributed by atoms with Crippen molar-refractivity contribution in [2.45, 2.75) is 38.8 Å². The lowest BCUT2D eigenvalue weighted by atomic mass is 10.2. The van der Waals surface area contributed by atoms with Crippen LogP contribution in [-0.4, -0.2) is 46.7 Å². The number of halogens is 1. The average Bonchev–Trinajstić information content (AvgIpc) is 2.88. The average molecular weight is 341 g/mol. The van der Waals surface area contributed by atoms with Crippen molar-refractivity contribution in [3.8, 4) is 5.75 Å². The minimum Gasteiger partial charge on any atom is -0.506 e. The van der Waals surface area contributed by atoms with E-state index in [0.29, 0.717) is 25.1 Å². The van der Waals surface area contributed by atoms with Gasteiger partial charge in [-0.3, -0.25) is 4.79 Å². The fourth-order valence-corrected chi connectivity index (χ4v) is 2.47. The molecule has 6 nitrogen and oxygen atoms in total. The van der Waals surface area contributed by atoms with Crippen molar-refractivity contribution in [2.75, 3.05) is 13.1 Å². The molecule has 23 heavy (non-hydrogen) atoms. The SMILES string of the molecule is CC(C)(C)OC(=O)N1CCC(NC(=O)c2ccc(O)c(Cl)c2)C1. The zero-order valence-electron chi connectivity index (χ0n) is 13.4. The summed E-state index contributed by atoms with van der Waals surface area (Å²) in [5.41, 5.74) is -0.176. The Morgan fingerprint density at radius 1 is 1.39 bits per heavy atom. The highest BCUT2D eigenvalue weighted by atomic mass is 35.5.